The molecule has 0 unspecified atom stereocenters. The van der Waals surface area contributed by atoms with Gasteiger partial charge in [-0.05, 0) is 31.2 Å². The van der Waals surface area contributed by atoms with Crippen LogP contribution in [-0.2, 0) is 11.3 Å². The Labute approximate surface area is 151 Å². The smallest absolute Gasteiger partial charge is 0.261 e. The Hall–Kier alpha value is -1.98. The molecular weight excluding hydrogens is 346 g/mol. The number of halogens is 1. The monoisotopic (exact) mass is 365 g/mol. The first-order chi connectivity index (χ1) is 11.6. The van der Waals surface area contributed by atoms with Crippen molar-refractivity contribution in [2.75, 3.05) is 19.8 Å². The van der Waals surface area contributed by atoms with E-state index in [1.165, 1.54) is 11.3 Å². The minimum absolute atomic E-state index is 0.0585. The Kier molecular flexibility index (Phi) is 7.15. The van der Waals surface area contributed by atoms with E-state index in [2.05, 4.69) is 6.58 Å². The molecule has 2 aromatic rings. The molecule has 0 N–H and O–H groups in total. The molecule has 0 bridgehead atoms. The minimum atomic E-state index is -0.120. The fourth-order valence-corrected chi connectivity index (χ4v) is 3.21. The van der Waals surface area contributed by atoms with Gasteiger partial charge in [0.05, 0.1) is 17.5 Å². The van der Waals surface area contributed by atoms with Crippen LogP contribution in [0, 0.1) is 0 Å². The van der Waals surface area contributed by atoms with E-state index in [4.69, 9.17) is 21.1 Å². The van der Waals surface area contributed by atoms with Crippen LogP contribution in [0.4, 0.5) is 0 Å². The molecule has 1 heterocycles. The Morgan fingerprint density at radius 2 is 1.96 bits per heavy atom. The second-order valence-electron chi connectivity index (χ2n) is 4.94. The van der Waals surface area contributed by atoms with Crippen molar-refractivity contribution in [3.8, 4) is 11.5 Å². The van der Waals surface area contributed by atoms with Gasteiger partial charge in [-0.2, -0.15) is 0 Å². The third-order valence-corrected chi connectivity index (χ3v) is 4.39. The summed E-state index contributed by atoms with van der Waals surface area (Å²) >= 11 is 7.40. The molecule has 2 rings (SSSR count). The quantitative estimate of drug-likeness (QED) is 0.618. The summed E-state index contributed by atoms with van der Waals surface area (Å²) < 4.78 is 11.9. The van der Waals surface area contributed by atoms with Crippen LogP contribution >= 0.6 is 22.9 Å². The number of ether oxygens (including phenoxy) is 2. The summed E-state index contributed by atoms with van der Waals surface area (Å²) in [4.78, 5) is 15.2. The number of hydrogen-bond donors (Lipinski definition) is 0. The van der Waals surface area contributed by atoms with Crippen LogP contribution in [0.25, 0.3) is 0 Å². The summed E-state index contributed by atoms with van der Waals surface area (Å²) in [6.07, 6.45) is 1.70. The van der Waals surface area contributed by atoms with E-state index in [1.807, 2.05) is 37.3 Å². The highest BCUT2D eigenvalue weighted by molar-refractivity contribution is 7.16. The summed E-state index contributed by atoms with van der Waals surface area (Å²) in [5, 5.41) is 0. The number of benzene rings is 1. The largest absolute Gasteiger partial charge is 0.490 e. The lowest BCUT2D eigenvalue weighted by Gasteiger charge is -2.21. The van der Waals surface area contributed by atoms with Crippen LogP contribution in [0.15, 0.2) is 49.1 Å². The fourth-order valence-electron chi connectivity index (χ4n) is 2.11. The van der Waals surface area contributed by atoms with Gasteiger partial charge in [0.2, 0.25) is 0 Å². The third kappa shape index (κ3) is 5.28. The van der Waals surface area contributed by atoms with E-state index in [9.17, 15) is 4.79 Å². The van der Waals surface area contributed by atoms with Crippen molar-refractivity contribution in [1.82, 2.24) is 4.90 Å². The summed E-state index contributed by atoms with van der Waals surface area (Å²) in [6, 6.07) is 11.1. The molecular formula is C18H20ClNO3S. The number of hydrogen-bond acceptors (Lipinski definition) is 4. The first-order valence-electron chi connectivity index (χ1n) is 7.61. The third-order valence-electron chi connectivity index (χ3n) is 3.18. The molecule has 0 aliphatic heterocycles. The van der Waals surface area contributed by atoms with Gasteiger partial charge in [-0.1, -0.05) is 29.8 Å². The van der Waals surface area contributed by atoms with Crippen LogP contribution in [-0.4, -0.2) is 30.6 Å². The van der Waals surface area contributed by atoms with Crippen LogP contribution in [0.1, 0.15) is 11.8 Å². The maximum absolute atomic E-state index is 12.5. The topological polar surface area (TPSA) is 38.8 Å². The summed E-state index contributed by atoms with van der Waals surface area (Å²) in [7, 11) is 0. The first-order valence-corrected chi connectivity index (χ1v) is 8.81. The average Bonchev–Trinajstić information content (AvgIpc) is 2.99. The number of carbonyl (C=O) groups is 1. The molecule has 1 aromatic heterocycles. The van der Waals surface area contributed by atoms with Crippen molar-refractivity contribution >= 4 is 28.8 Å². The normalized spacial score (nSPS) is 10.2. The van der Waals surface area contributed by atoms with Gasteiger partial charge in [0, 0.05) is 11.4 Å². The van der Waals surface area contributed by atoms with Crippen molar-refractivity contribution in [2.45, 2.75) is 13.5 Å². The zero-order chi connectivity index (χ0) is 17.4. The molecule has 0 fully saturated rings. The molecule has 6 heteroatoms. The summed E-state index contributed by atoms with van der Waals surface area (Å²) in [6.45, 7) is 7.03. The molecule has 0 radical (unpaired) electrons. The molecule has 1 aromatic carbocycles. The van der Waals surface area contributed by atoms with Gasteiger partial charge in [-0.3, -0.25) is 4.79 Å². The van der Waals surface area contributed by atoms with Gasteiger partial charge in [-0.15, -0.1) is 17.9 Å². The van der Waals surface area contributed by atoms with Crippen molar-refractivity contribution in [3.05, 3.63) is 58.3 Å². The van der Waals surface area contributed by atoms with Gasteiger partial charge in [-0.25, -0.2) is 0 Å². The highest BCUT2D eigenvalue weighted by Gasteiger charge is 2.15. The predicted octanol–water partition coefficient (Wildman–Crippen LogP) is 4.39. The number of carbonyl (C=O) groups excluding carboxylic acids is 1. The zero-order valence-electron chi connectivity index (χ0n) is 13.5. The molecule has 4 nitrogen and oxygen atoms in total. The first kappa shape index (κ1) is 18.4. The van der Waals surface area contributed by atoms with E-state index >= 15 is 0 Å². The Morgan fingerprint density at radius 3 is 2.54 bits per heavy atom. The van der Waals surface area contributed by atoms with E-state index < -0.39 is 0 Å². The molecule has 0 aliphatic rings. The molecule has 0 saturated carbocycles. The van der Waals surface area contributed by atoms with Crippen molar-refractivity contribution < 1.29 is 14.3 Å². The lowest BCUT2D eigenvalue weighted by molar-refractivity contribution is -0.133. The number of rotatable bonds is 9. The van der Waals surface area contributed by atoms with Crippen molar-refractivity contribution in [3.63, 3.8) is 0 Å². The van der Waals surface area contributed by atoms with Crippen molar-refractivity contribution in [2.24, 2.45) is 0 Å². The number of thiophene rings is 1. The lowest BCUT2D eigenvalue weighted by Crippen LogP contribution is -2.34. The van der Waals surface area contributed by atoms with Crippen LogP contribution in [0.2, 0.25) is 4.34 Å². The number of amides is 1. The Balaban J connectivity index is 1.99. The van der Waals surface area contributed by atoms with Crippen LogP contribution in [0.3, 0.4) is 0 Å². The van der Waals surface area contributed by atoms with Gasteiger partial charge in [0.25, 0.3) is 5.91 Å². The zero-order valence-corrected chi connectivity index (χ0v) is 15.1. The van der Waals surface area contributed by atoms with Gasteiger partial charge in [0.1, 0.15) is 0 Å². The SMILES string of the molecule is C=CCN(Cc1ccc(Cl)s1)C(=O)COc1ccccc1OCC. The second-order valence-corrected chi connectivity index (χ2v) is 6.74. The maximum Gasteiger partial charge on any atom is 0.261 e. The molecule has 128 valence electrons. The molecule has 0 aliphatic carbocycles. The molecule has 24 heavy (non-hydrogen) atoms. The summed E-state index contributed by atoms with van der Waals surface area (Å²) in [5.41, 5.74) is 0. The second kappa shape index (κ2) is 9.35. The van der Waals surface area contributed by atoms with Gasteiger partial charge in [0.15, 0.2) is 18.1 Å². The summed E-state index contributed by atoms with van der Waals surface area (Å²) in [5.74, 6) is 1.07. The fraction of sp³-hybridized carbons (Fsp3) is 0.278. The minimum Gasteiger partial charge on any atom is -0.490 e. The van der Waals surface area contributed by atoms with Crippen molar-refractivity contribution in [1.29, 1.82) is 0 Å². The van der Waals surface area contributed by atoms with Crippen LogP contribution < -0.4 is 9.47 Å². The number of para-hydroxylation sites is 2. The van der Waals surface area contributed by atoms with Crippen LogP contribution in [0.5, 0.6) is 11.5 Å². The van der Waals surface area contributed by atoms with Gasteiger partial charge < -0.3 is 14.4 Å². The average molecular weight is 366 g/mol. The standard InChI is InChI=1S/C18H20ClNO3S/c1-3-11-20(12-14-9-10-17(19)24-14)18(21)13-23-16-8-6-5-7-15(16)22-4-2/h3,5-10H,1,4,11-13H2,2H3. The highest BCUT2D eigenvalue weighted by atomic mass is 35.5. The molecule has 0 atom stereocenters. The van der Waals surface area contributed by atoms with E-state index in [0.29, 0.717) is 35.5 Å². The van der Waals surface area contributed by atoms with E-state index in [1.54, 1.807) is 17.0 Å². The van der Waals surface area contributed by atoms with E-state index in [-0.39, 0.29) is 12.5 Å². The maximum atomic E-state index is 12.5. The Morgan fingerprint density at radius 1 is 1.25 bits per heavy atom. The van der Waals surface area contributed by atoms with Gasteiger partial charge >= 0.3 is 0 Å². The number of nitrogens with zero attached hydrogens (tertiary/aromatic N) is 1. The Bertz CT molecular complexity index is 686. The molecule has 0 saturated heterocycles. The van der Waals surface area contributed by atoms with E-state index in [0.717, 1.165) is 4.88 Å². The lowest BCUT2D eigenvalue weighted by atomic mass is 10.3. The predicted molar refractivity (Wildman–Crippen MR) is 98.0 cm³/mol. The molecule has 1 amide bonds. The highest BCUT2D eigenvalue weighted by Crippen LogP contribution is 2.26. The molecule has 0 spiro atoms.